The normalized spacial score (nSPS) is 13.4. The van der Waals surface area contributed by atoms with Crippen LogP contribution in [0, 0.1) is 27.2 Å². The van der Waals surface area contributed by atoms with Gasteiger partial charge in [-0.15, -0.1) is 0 Å². The van der Waals surface area contributed by atoms with Crippen molar-refractivity contribution < 1.29 is 28.6 Å². The summed E-state index contributed by atoms with van der Waals surface area (Å²) < 4.78 is 10.8. The molecule has 1 heterocycles. The van der Waals surface area contributed by atoms with Crippen molar-refractivity contribution in [1.82, 2.24) is 10.9 Å². The molecule has 0 aliphatic heterocycles. The molecule has 4 rings (SSSR count). The van der Waals surface area contributed by atoms with E-state index in [1.807, 2.05) is 0 Å². The lowest BCUT2D eigenvalue weighted by molar-refractivity contribution is -0.393. The summed E-state index contributed by atoms with van der Waals surface area (Å²) in [5, 5.41) is 26.7. The molecule has 38 heavy (non-hydrogen) atoms. The zero-order valence-electron chi connectivity index (χ0n) is 20.3. The second-order valence-electron chi connectivity index (χ2n) is 8.23. The van der Waals surface area contributed by atoms with E-state index in [9.17, 15) is 29.8 Å². The number of furan rings is 1. The Hall–Kier alpha value is -5.27. The number of anilines is 1. The summed E-state index contributed by atoms with van der Waals surface area (Å²) in [5.41, 5.74) is 8.21. The lowest BCUT2D eigenvalue weighted by Crippen LogP contribution is -2.41. The van der Waals surface area contributed by atoms with Crippen molar-refractivity contribution in [3.63, 3.8) is 0 Å². The van der Waals surface area contributed by atoms with Gasteiger partial charge in [-0.2, -0.15) is 5.10 Å². The maximum absolute atomic E-state index is 12.8. The van der Waals surface area contributed by atoms with Gasteiger partial charge in [0.15, 0.2) is 5.76 Å². The van der Waals surface area contributed by atoms with Crippen molar-refractivity contribution in [3.8, 4) is 5.75 Å². The van der Waals surface area contributed by atoms with Gasteiger partial charge in [0, 0.05) is 29.2 Å². The molecule has 2 aromatic carbocycles. The molecule has 196 valence electrons. The summed E-state index contributed by atoms with van der Waals surface area (Å²) in [5.74, 6) is -0.124. The fraction of sp³-hybridized carbons (Fsp3) is 0.208. The molecule has 1 aliphatic carbocycles. The minimum Gasteiger partial charge on any atom is -0.497 e. The molecule has 3 aromatic rings. The first kappa shape index (κ1) is 25.8. The Morgan fingerprint density at radius 2 is 1.71 bits per heavy atom. The van der Waals surface area contributed by atoms with Crippen molar-refractivity contribution in [2.45, 2.75) is 26.2 Å². The van der Waals surface area contributed by atoms with Crippen molar-refractivity contribution in [1.29, 1.82) is 0 Å². The van der Waals surface area contributed by atoms with Crippen LogP contribution in [0.25, 0.3) is 0 Å². The maximum atomic E-state index is 12.8. The fourth-order valence-electron chi connectivity index (χ4n) is 3.99. The van der Waals surface area contributed by atoms with Crippen LogP contribution in [-0.4, -0.2) is 34.5 Å². The summed E-state index contributed by atoms with van der Waals surface area (Å²) >= 11 is 0. The van der Waals surface area contributed by atoms with Crippen LogP contribution in [0.15, 0.2) is 52.0 Å². The highest BCUT2D eigenvalue weighted by atomic mass is 16.6. The first-order valence-corrected chi connectivity index (χ1v) is 11.3. The number of nitro groups is 2. The number of nitro benzene ring substituents is 2. The summed E-state index contributed by atoms with van der Waals surface area (Å²) in [6.07, 6.45) is 1.69. The number of hydrazone groups is 1. The quantitative estimate of drug-likeness (QED) is 0.307. The summed E-state index contributed by atoms with van der Waals surface area (Å²) in [6.45, 7) is 1.66. The first-order chi connectivity index (χ1) is 18.2. The van der Waals surface area contributed by atoms with Crippen LogP contribution in [0.1, 0.15) is 50.6 Å². The molecular formula is C24H22N6O8. The van der Waals surface area contributed by atoms with Crippen molar-refractivity contribution >= 4 is 34.6 Å². The van der Waals surface area contributed by atoms with Crippen molar-refractivity contribution in [3.05, 3.63) is 90.9 Å². The Bertz CT molecular complexity index is 1460. The van der Waals surface area contributed by atoms with E-state index in [2.05, 4.69) is 21.4 Å². The van der Waals surface area contributed by atoms with E-state index in [0.717, 1.165) is 12.1 Å². The zero-order chi connectivity index (χ0) is 27.4. The van der Waals surface area contributed by atoms with Crippen LogP contribution < -0.4 is 21.0 Å². The number of nitrogens with zero attached hydrogens (tertiary/aromatic N) is 3. The van der Waals surface area contributed by atoms with Crippen LogP contribution in [0.3, 0.4) is 0 Å². The Kier molecular flexibility index (Phi) is 7.32. The molecule has 0 saturated carbocycles. The molecule has 0 saturated heterocycles. The SMILES string of the molecule is COc1ccc(C(=O)NNC(=O)c2oc3c(c2C)/C(=N/Nc2ccc([N+](=O)[O-])cc2[N+](=O)[O-])CCC3)cc1. The molecule has 0 bridgehead atoms. The molecule has 0 fully saturated rings. The molecule has 1 aliphatic rings. The number of carbonyl (C=O) groups is 2. The molecule has 1 aromatic heterocycles. The van der Waals surface area contributed by atoms with Crippen LogP contribution in [0.5, 0.6) is 5.75 Å². The smallest absolute Gasteiger partial charge is 0.305 e. The zero-order valence-corrected chi connectivity index (χ0v) is 20.3. The van der Waals surface area contributed by atoms with E-state index in [4.69, 9.17) is 9.15 Å². The van der Waals surface area contributed by atoms with E-state index in [-0.39, 0.29) is 11.4 Å². The highest BCUT2D eigenvalue weighted by Crippen LogP contribution is 2.32. The van der Waals surface area contributed by atoms with E-state index >= 15 is 0 Å². The van der Waals surface area contributed by atoms with Gasteiger partial charge in [-0.1, -0.05) is 0 Å². The molecule has 0 atom stereocenters. The molecule has 0 radical (unpaired) electrons. The Morgan fingerprint density at radius 3 is 2.37 bits per heavy atom. The maximum Gasteiger partial charge on any atom is 0.305 e. The number of methoxy groups -OCH3 is 1. The summed E-state index contributed by atoms with van der Waals surface area (Å²) in [4.78, 5) is 46.0. The van der Waals surface area contributed by atoms with Gasteiger partial charge in [-0.05, 0) is 50.1 Å². The average Bonchev–Trinajstić information content (AvgIpc) is 3.27. The van der Waals surface area contributed by atoms with E-state index < -0.39 is 33.0 Å². The molecular weight excluding hydrogens is 500 g/mol. The van der Waals surface area contributed by atoms with Crippen LogP contribution >= 0.6 is 0 Å². The minimum atomic E-state index is -0.742. The van der Waals surface area contributed by atoms with Crippen LogP contribution in [-0.2, 0) is 6.42 Å². The van der Waals surface area contributed by atoms with Gasteiger partial charge >= 0.3 is 11.6 Å². The third-order valence-corrected chi connectivity index (χ3v) is 5.87. The highest BCUT2D eigenvalue weighted by Gasteiger charge is 2.28. The van der Waals surface area contributed by atoms with Gasteiger partial charge in [0.2, 0.25) is 0 Å². The average molecular weight is 522 g/mol. The van der Waals surface area contributed by atoms with Gasteiger partial charge in [-0.25, -0.2) is 0 Å². The van der Waals surface area contributed by atoms with Crippen molar-refractivity contribution in [2.24, 2.45) is 5.10 Å². The summed E-state index contributed by atoms with van der Waals surface area (Å²) in [6, 6.07) is 9.50. The number of hydrogen-bond donors (Lipinski definition) is 3. The standard InChI is InChI=1S/C24H22N6O8/c1-13-21-18(26-25-17-11-8-15(29(33)34)12-19(17)30(35)36)4-3-5-20(21)38-22(13)24(32)28-27-23(31)14-6-9-16(37-2)10-7-14/h6-12,25H,3-5H2,1-2H3,(H,27,31)(H,28,32)/b26-18+. The number of rotatable bonds is 7. The number of benzene rings is 2. The molecule has 3 N–H and O–H groups in total. The third-order valence-electron chi connectivity index (χ3n) is 5.87. The Morgan fingerprint density at radius 1 is 1.00 bits per heavy atom. The number of ether oxygens (including phenoxy) is 1. The fourth-order valence-corrected chi connectivity index (χ4v) is 3.99. The van der Waals surface area contributed by atoms with Crippen LogP contribution in [0.4, 0.5) is 17.1 Å². The van der Waals surface area contributed by atoms with Crippen LogP contribution in [0.2, 0.25) is 0 Å². The van der Waals surface area contributed by atoms with Gasteiger partial charge in [0.1, 0.15) is 17.2 Å². The number of carbonyl (C=O) groups excluding carboxylic acids is 2. The number of aryl methyl sites for hydroxylation is 1. The van der Waals surface area contributed by atoms with Crippen molar-refractivity contribution in [2.75, 3.05) is 12.5 Å². The number of amides is 2. The highest BCUT2D eigenvalue weighted by molar-refractivity contribution is 6.07. The number of non-ortho nitro benzene ring substituents is 1. The minimum absolute atomic E-state index is 0.0130. The number of fused-ring (bicyclic) bond motifs is 1. The van der Waals surface area contributed by atoms with E-state index in [1.165, 1.54) is 13.2 Å². The van der Waals surface area contributed by atoms with Gasteiger partial charge in [0.25, 0.3) is 11.6 Å². The van der Waals surface area contributed by atoms with Gasteiger partial charge in [-0.3, -0.25) is 46.1 Å². The van der Waals surface area contributed by atoms with E-state index in [1.54, 1.807) is 31.2 Å². The number of nitrogens with one attached hydrogen (secondary N) is 3. The second kappa shape index (κ2) is 10.8. The molecule has 0 unspecified atom stereocenters. The third kappa shape index (κ3) is 5.28. The molecule has 14 heteroatoms. The largest absolute Gasteiger partial charge is 0.497 e. The second-order valence-corrected chi connectivity index (χ2v) is 8.23. The van der Waals surface area contributed by atoms with Gasteiger partial charge < -0.3 is 9.15 Å². The number of hydrazine groups is 1. The molecule has 2 amide bonds. The van der Waals surface area contributed by atoms with Gasteiger partial charge in [0.05, 0.1) is 28.7 Å². The summed E-state index contributed by atoms with van der Waals surface area (Å²) in [7, 11) is 1.51. The molecule has 0 spiro atoms. The Labute approximate surface area is 214 Å². The predicted molar refractivity (Wildman–Crippen MR) is 134 cm³/mol. The predicted octanol–water partition coefficient (Wildman–Crippen LogP) is 3.64. The Balaban J connectivity index is 1.52. The number of hydrogen-bond acceptors (Lipinski definition) is 10. The first-order valence-electron chi connectivity index (χ1n) is 11.3. The van der Waals surface area contributed by atoms with E-state index in [0.29, 0.717) is 53.2 Å². The lowest BCUT2D eigenvalue weighted by Gasteiger charge is -2.13. The lowest BCUT2D eigenvalue weighted by atomic mass is 9.93. The monoisotopic (exact) mass is 522 g/mol. The molecule has 14 nitrogen and oxygen atoms in total. The topological polar surface area (TPSA) is 191 Å².